The third kappa shape index (κ3) is 3.48. The standard InChI is InChI=1S/C15H15ClN2O2/c1-10-6-14(9-15(7-10)18(19)20)17-11(2)12-4-3-5-13(16)8-12/h3-9,11,17H,1-2H3. The molecule has 1 N–H and O–H groups in total. The van der Waals surface area contributed by atoms with Crippen LogP contribution in [0.3, 0.4) is 0 Å². The van der Waals surface area contributed by atoms with Crippen molar-refractivity contribution in [3.8, 4) is 0 Å². The summed E-state index contributed by atoms with van der Waals surface area (Å²) >= 11 is 5.97. The molecule has 0 spiro atoms. The summed E-state index contributed by atoms with van der Waals surface area (Å²) in [5.41, 5.74) is 2.69. The molecule has 0 fully saturated rings. The zero-order chi connectivity index (χ0) is 14.7. The predicted molar refractivity (Wildman–Crippen MR) is 81.3 cm³/mol. The third-order valence-electron chi connectivity index (χ3n) is 3.00. The number of nitrogens with zero attached hydrogens (tertiary/aromatic N) is 1. The van der Waals surface area contributed by atoms with Gasteiger partial charge in [0.1, 0.15) is 0 Å². The van der Waals surface area contributed by atoms with Crippen LogP contribution in [0.4, 0.5) is 11.4 Å². The average Bonchev–Trinajstić information content (AvgIpc) is 2.37. The van der Waals surface area contributed by atoms with Crippen molar-refractivity contribution in [1.29, 1.82) is 0 Å². The molecule has 0 amide bonds. The molecular formula is C15H15ClN2O2. The van der Waals surface area contributed by atoms with Crippen molar-refractivity contribution >= 4 is 23.0 Å². The van der Waals surface area contributed by atoms with Gasteiger partial charge in [-0.05, 0) is 43.2 Å². The number of hydrogen-bond acceptors (Lipinski definition) is 3. The van der Waals surface area contributed by atoms with Crippen molar-refractivity contribution in [2.75, 3.05) is 5.32 Å². The molecule has 0 aliphatic heterocycles. The fraction of sp³-hybridized carbons (Fsp3) is 0.200. The summed E-state index contributed by atoms with van der Waals surface area (Å²) in [5.74, 6) is 0. The summed E-state index contributed by atoms with van der Waals surface area (Å²) in [6.45, 7) is 3.82. The van der Waals surface area contributed by atoms with E-state index < -0.39 is 0 Å². The number of benzene rings is 2. The Hall–Kier alpha value is -2.07. The van der Waals surface area contributed by atoms with Crippen molar-refractivity contribution in [1.82, 2.24) is 0 Å². The van der Waals surface area contributed by atoms with Crippen molar-refractivity contribution in [3.63, 3.8) is 0 Å². The normalized spacial score (nSPS) is 11.9. The lowest BCUT2D eigenvalue weighted by molar-refractivity contribution is -0.384. The Morgan fingerprint density at radius 1 is 1.25 bits per heavy atom. The molecule has 1 unspecified atom stereocenters. The van der Waals surface area contributed by atoms with Gasteiger partial charge in [-0.3, -0.25) is 10.1 Å². The van der Waals surface area contributed by atoms with Crippen LogP contribution in [0.15, 0.2) is 42.5 Å². The van der Waals surface area contributed by atoms with Crippen LogP contribution in [0.25, 0.3) is 0 Å². The number of nitro benzene ring substituents is 1. The minimum absolute atomic E-state index is 0.00936. The van der Waals surface area contributed by atoms with Crippen LogP contribution < -0.4 is 5.32 Å². The summed E-state index contributed by atoms with van der Waals surface area (Å²) < 4.78 is 0. The molecular weight excluding hydrogens is 276 g/mol. The lowest BCUT2D eigenvalue weighted by Crippen LogP contribution is -2.07. The van der Waals surface area contributed by atoms with Gasteiger partial charge in [0.15, 0.2) is 0 Å². The highest BCUT2D eigenvalue weighted by atomic mass is 35.5. The number of halogens is 1. The first-order chi connectivity index (χ1) is 9.45. The molecule has 2 rings (SSSR count). The number of hydrogen-bond donors (Lipinski definition) is 1. The Balaban J connectivity index is 2.23. The predicted octanol–water partition coefficient (Wildman–Crippen LogP) is 4.73. The second kappa shape index (κ2) is 5.92. The molecule has 2 aromatic rings. The molecule has 1 atom stereocenters. The number of rotatable bonds is 4. The van der Waals surface area contributed by atoms with E-state index in [-0.39, 0.29) is 16.7 Å². The molecule has 104 valence electrons. The zero-order valence-corrected chi connectivity index (χ0v) is 12.0. The largest absolute Gasteiger partial charge is 0.378 e. The Morgan fingerprint density at radius 3 is 2.65 bits per heavy atom. The van der Waals surface area contributed by atoms with E-state index in [1.165, 1.54) is 6.07 Å². The Kier molecular flexibility index (Phi) is 4.25. The van der Waals surface area contributed by atoms with Crippen LogP contribution >= 0.6 is 11.6 Å². The zero-order valence-electron chi connectivity index (χ0n) is 11.3. The van der Waals surface area contributed by atoms with Gasteiger partial charge in [-0.15, -0.1) is 0 Å². The van der Waals surface area contributed by atoms with Gasteiger partial charge in [0.25, 0.3) is 5.69 Å². The van der Waals surface area contributed by atoms with E-state index in [0.717, 1.165) is 16.8 Å². The molecule has 0 saturated heterocycles. The fourth-order valence-electron chi connectivity index (χ4n) is 2.06. The van der Waals surface area contributed by atoms with Crippen molar-refractivity contribution in [2.45, 2.75) is 19.9 Å². The molecule has 0 bridgehead atoms. The van der Waals surface area contributed by atoms with Gasteiger partial charge < -0.3 is 5.32 Å². The molecule has 5 heteroatoms. The molecule has 0 saturated carbocycles. The molecule has 0 aromatic heterocycles. The van der Waals surface area contributed by atoms with E-state index in [4.69, 9.17) is 11.6 Å². The molecule has 2 aromatic carbocycles. The number of nitrogens with one attached hydrogen (secondary N) is 1. The van der Waals surface area contributed by atoms with Crippen molar-refractivity contribution in [3.05, 3.63) is 68.7 Å². The van der Waals surface area contributed by atoms with Gasteiger partial charge in [0.05, 0.1) is 4.92 Å². The molecule has 4 nitrogen and oxygen atoms in total. The average molecular weight is 291 g/mol. The van der Waals surface area contributed by atoms with Gasteiger partial charge in [-0.1, -0.05) is 23.7 Å². The van der Waals surface area contributed by atoms with Crippen LogP contribution in [-0.4, -0.2) is 4.92 Å². The van der Waals surface area contributed by atoms with Crippen molar-refractivity contribution < 1.29 is 4.92 Å². The van der Waals surface area contributed by atoms with Gasteiger partial charge in [0, 0.05) is 28.9 Å². The summed E-state index contributed by atoms with van der Waals surface area (Å²) in [6.07, 6.45) is 0. The quantitative estimate of drug-likeness (QED) is 0.654. The smallest absolute Gasteiger partial charge is 0.271 e. The number of nitro groups is 1. The van der Waals surface area contributed by atoms with Crippen LogP contribution in [-0.2, 0) is 0 Å². The number of anilines is 1. The van der Waals surface area contributed by atoms with Gasteiger partial charge in [0.2, 0.25) is 0 Å². The Labute approximate surface area is 122 Å². The minimum atomic E-state index is -0.387. The lowest BCUT2D eigenvalue weighted by Gasteiger charge is -2.16. The summed E-state index contributed by atoms with van der Waals surface area (Å²) in [6, 6.07) is 12.5. The van der Waals surface area contributed by atoms with E-state index in [9.17, 15) is 10.1 Å². The highest BCUT2D eigenvalue weighted by Crippen LogP contribution is 2.25. The maximum absolute atomic E-state index is 10.9. The Morgan fingerprint density at radius 2 is 2.00 bits per heavy atom. The van der Waals surface area contributed by atoms with Gasteiger partial charge in [-0.25, -0.2) is 0 Å². The molecule has 0 heterocycles. The molecule has 0 aliphatic carbocycles. The Bertz CT molecular complexity index is 644. The molecule has 0 radical (unpaired) electrons. The van der Waals surface area contributed by atoms with Crippen LogP contribution in [0.2, 0.25) is 5.02 Å². The van der Waals surface area contributed by atoms with Gasteiger partial charge >= 0.3 is 0 Å². The minimum Gasteiger partial charge on any atom is -0.378 e. The van der Waals surface area contributed by atoms with Crippen LogP contribution in [0.1, 0.15) is 24.1 Å². The first-order valence-electron chi connectivity index (χ1n) is 6.24. The van der Waals surface area contributed by atoms with Crippen LogP contribution in [0.5, 0.6) is 0 Å². The summed E-state index contributed by atoms with van der Waals surface area (Å²) in [7, 11) is 0. The highest BCUT2D eigenvalue weighted by molar-refractivity contribution is 6.30. The fourth-order valence-corrected chi connectivity index (χ4v) is 2.26. The SMILES string of the molecule is Cc1cc(NC(C)c2cccc(Cl)c2)cc([N+](=O)[O-])c1. The van der Waals surface area contributed by atoms with E-state index in [2.05, 4.69) is 5.32 Å². The highest BCUT2D eigenvalue weighted by Gasteiger charge is 2.11. The number of non-ortho nitro benzene ring substituents is 1. The van der Waals surface area contributed by atoms with Crippen LogP contribution in [0, 0.1) is 17.0 Å². The number of aryl methyl sites for hydroxylation is 1. The summed E-state index contributed by atoms with van der Waals surface area (Å²) in [4.78, 5) is 10.5. The van der Waals surface area contributed by atoms with E-state index in [1.54, 1.807) is 6.07 Å². The topological polar surface area (TPSA) is 55.2 Å². The van der Waals surface area contributed by atoms with E-state index in [0.29, 0.717) is 5.02 Å². The lowest BCUT2D eigenvalue weighted by atomic mass is 10.1. The van der Waals surface area contributed by atoms with Crippen molar-refractivity contribution in [2.24, 2.45) is 0 Å². The van der Waals surface area contributed by atoms with E-state index >= 15 is 0 Å². The summed E-state index contributed by atoms with van der Waals surface area (Å²) in [5, 5.41) is 14.8. The van der Waals surface area contributed by atoms with Gasteiger partial charge in [-0.2, -0.15) is 0 Å². The first-order valence-corrected chi connectivity index (χ1v) is 6.61. The molecule has 0 aliphatic rings. The first kappa shape index (κ1) is 14.3. The maximum Gasteiger partial charge on any atom is 0.271 e. The second-order valence-electron chi connectivity index (χ2n) is 4.74. The van der Waals surface area contributed by atoms with E-state index in [1.807, 2.05) is 44.2 Å². The molecule has 20 heavy (non-hydrogen) atoms. The second-order valence-corrected chi connectivity index (χ2v) is 5.17. The monoisotopic (exact) mass is 290 g/mol. The maximum atomic E-state index is 10.9. The third-order valence-corrected chi connectivity index (χ3v) is 3.24.